The number of hydrogen-bond donors (Lipinski definition) is 1. The van der Waals surface area contributed by atoms with Gasteiger partial charge in [0.25, 0.3) is 5.91 Å². The molecule has 0 fully saturated rings. The van der Waals surface area contributed by atoms with Crippen molar-refractivity contribution in [1.29, 1.82) is 0 Å². The van der Waals surface area contributed by atoms with E-state index in [1.807, 2.05) is 43.3 Å². The van der Waals surface area contributed by atoms with Crippen molar-refractivity contribution in [2.75, 3.05) is 7.11 Å². The van der Waals surface area contributed by atoms with Gasteiger partial charge >= 0.3 is 0 Å². The first-order chi connectivity index (χ1) is 11.7. The van der Waals surface area contributed by atoms with Crippen LogP contribution in [0.25, 0.3) is 5.69 Å². The topological polar surface area (TPSA) is 69.0 Å². The quantitative estimate of drug-likeness (QED) is 0.783. The van der Waals surface area contributed by atoms with E-state index in [4.69, 9.17) is 4.74 Å². The minimum Gasteiger partial charge on any atom is -0.497 e. The van der Waals surface area contributed by atoms with Gasteiger partial charge in [0.2, 0.25) is 0 Å². The second-order valence-electron chi connectivity index (χ2n) is 5.33. The van der Waals surface area contributed by atoms with Gasteiger partial charge < -0.3 is 10.1 Å². The standard InChI is InChI=1S/C18H18N4O2/c1-13-9-17(18(23)20-12-14-5-4-8-19-11-14)21-22(13)15-6-3-7-16(10-15)24-2/h3-11H,12H2,1-2H3,(H,20,23). The number of hydrogen-bond acceptors (Lipinski definition) is 4. The first-order valence-electron chi connectivity index (χ1n) is 7.55. The van der Waals surface area contributed by atoms with E-state index in [0.717, 1.165) is 22.7 Å². The van der Waals surface area contributed by atoms with E-state index in [2.05, 4.69) is 15.4 Å². The normalized spacial score (nSPS) is 10.4. The van der Waals surface area contributed by atoms with Crippen LogP contribution in [0.2, 0.25) is 0 Å². The molecule has 0 radical (unpaired) electrons. The molecule has 3 aromatic rings. The van der Waals surface area contributed by atoms with Crippen molar-refractivity contribution in [2.45, 2.75) is 13.5 Å². The number of aryl methyl sites for hydroxylation is 1. The van der Waals surface area contributed by atoms with Gasteiger partial charge in [-0.3, -0.25) is 9.78 Å². The molecular formula is C18H18N4O2. The fraction of sp³-hybridized carbons (Fsp3) is 0.167. The highest BCUT2D eigenvalue weighted by Crippen LogP contribution is 2.18. The summed E-state index contributed by atoms with van der Waals surface area (Å²) in [5, 5.41) is 7.25. The molecule has 122 valence electrons. The summed E-state index contributed by atoms with van der Waals surface area (Å²) < 4.78 is 6.96. The number of pyridine rings is 1. The molecule has 1 amide bonds. The number of carbonyl (C=O) groups is 1. The Hall–Kier alpha value is -3.15. The molecule has 24 heavy (non-hydrogen) atoms. The Labute approximate surface area is 140 Å². The van der Waals surface area contributed by atoms with Crippen LogP contribution in [-0.2, 0) is 6.54 Å². The lowest BCUT2D eigenvalue weighted by molar-refractivity contribution is 0.0945. The molecule has 0 saturated heterocycles. The monoisotopic (exact) mass is 322 g/mol. The van der Waals surface area contributed by atoms with Gasteiger partial charge in [-0.05, 0) is 36.8 Å². The molecule has 0 saturated carbocycles. The van der Waals surface area contributed by atoms with Crippen molar-refractivity contribution in [2.24, 2.45) is 0 Å². The zero-order valence-electron chi connectivity index (χ0n) is 13.6. The predicted octanol–water partition coefficient (Wildman–Crippen LogP) is 2.51. The van der Waals surface area contributed by atoms with Crippen LogP contribution in [-0.4, -0.2) is 27.8 Å². The summed E-state index contributed by atoms with van der Waals surface area (Å²) in [6.45, 7) is 2.32. The molecule has 1 N–H and O–H groups in total. The number of amides is 1. The maximum absolute atomic E-state index is 12.3. The van der Waals surface area contributed by atoms with E-state index < -0.39 is 0 Å². The summed E-state index contributed by atoms with van der Waals surface area (Å²) in [4.78, 5) is 16.3. The Morgan fingerprint density at radius 2 is 2.12 bits per heavy atom. The largest absolute Gasteiger partial charge is 0.497 e. The number of rotatable bonds is 5. The van der Waals surface area contributed by atoms with Gasteiger partial charge in [0.1, 0.15) is 5.75 Å². The summed E-state index contributed by atoms with van der Waals surface area (Å²) in [6, 6.07) is 13.0. The molecule has 0 bridgehead atoms. The Balaban J connectivity index is 1.76. The first-order valence-corrected chi connectivity index (χ1v) is 7.55. The molecule has 0 aliphatic carbocycles. The number of ether oxygens (including phenoxy) is 1. The van der Waals surface area contributed by atoms with Gasteiger partial charge in [0, 0.05) is 30.7 Å². The van der Waals surface area contributed by atoms with Crippen molar-refractivity contribution in [1.82, 2.24) is 20.1 Å². The third-order valence-corrected chi connectivity index (χ3v) is 3.59. The second kappa shape index (κ2) is 6.95. The first kappa shape index (κ1) is 15.7. The third kappa shape index (κ3) is 3.43. The van der Waals surface area contributed by atoms with Crippen molar-refractivity contribution >= 4 is 5.91 Å². The lowest BCUT2D eigenvalue weighted by Crippen LogP contribution is -2.23. The van der Waals surface area contributed by atoms with Gasteiger partial charge in [-0.25, -0.2) is 4.68 Å². The molecule has 2 aromatic heterocycles. The lowest BCUT2D eigenvalue weighted by Gasteiger charge is -2.06. The van der Waals surface area contributed by atoms with E-state index in [-0.39, 0.29) is 5.91 Å². The average molecular weight is 322 g/mol. The van der Waals surface area contributed by atoms with Gasteiger partial charge in [-0.15, -0.1) is 0 Å². The summed E-state index contributed by atoms with van der Waals surface area (Å²) in [6.07, 6.45) is 3.42. The van der Waals surface area contributed by atoms with Crippen LogP contribution in [0.15, 0.2) is 54.9 Å². The molecule has 0 unspecified atom stereocenters. The fourth-order valence-corrected chi connectivity index (χ4v) is 2.36. The Bertz CT molecular complexity index is 843. The summed E-state index contributed by atoms with van der Waals surface area (Å²) in [5.74, 6) is 0.522. The van der Waals surface area contributed by atoms with E-state index in [1.165, 1.54) is 0 Å². The minimum absolute atomic E-state index is 0.219. The molecule has 0 aliphatic heterocycles. The van der Waals surface area contributed by atoms with Crippen LogP contribution in [0.3, 0.4) is 0 Å². The van der Waals surface area contributed by atoms with Crippen molar-refractivity contribution in [3.63, 3.8) is 0 Å². The van der Waals surface area contributed by atoms with Gasteiger partial charge in [-0.1, -0.05) is 12.1 Å². The molecule has 6 heteroatoms. The van der Waals surface area contributed by atoms with E-state index in [0.29, 0.717) is 12.2 Å². The van der Waals surface area contributed by atoms with Crippen molar-refractivity contribution < 1.29 is 9.53 Å². The van der Waals surface area contributed by atoms with Crippen LogP contribution in [0.5, 0.6) is 5.75 Å². The predicted molar refractivity (Wildman–Crippen MR) is 90.3 cm³/mol. The summed E-state index contributed by atoms with van der Waals surface area (Å²) in [5.41, 5.74) is 3.03. The Morgan fingerprint density at radius 3 is 2.88 bits per heavy atom. The van der Waals surface area contributed by atoms with E-state index >= 15 is 0 Å². The Kier molecular flexibility index (Phi) is 4.56. The van der Waals surface area contributed by atoms with Gasteiger partial charge in [0.15, 0.2) is 5.69 Å². The Morgan fingerprint density at radius 1 is 1.25 bits per heavy atom. The smallest absolute Gasteiger partial charge is 0.272 e. The fourth-order valence-electron chi connectivity index (χ4n) is 2.36. The van der Waals surface area contributed by atoms with Crippen LogP contribution >= 0.6 is 0 Å². The number of aromatic nitrogens is 3. The van der Waals surface area contributed by atoms with Crippen LogP contribution < -0.4 is 10.1 Å². The second-order valence-corrected chi connectivity index (χ2v) is 5.33. The molecule has 0 aliphatic rings. The van der Waals surface area contributed by atoms with Crippen LogP contribution in [0.1, 0.15) is 21.7 Å². The molecule has 0 spiro atoms. The van der Waals surface area contributed by atoms with E-state index in [1.54, 1.807) is 30.3 Å². The number of carbonyl (C=O) groups excluding carboxylic acids is 1. The van der Waals surface area contributed by atoms with Crippen molar-refractivity contribution in [3.8, 4) is 11.4 Å². The third-order valence-electron chi connectivity index (χ3n) is 3.59. The van der Waals surface area contributed by atoms with Crippen LogP contribution in [0.4, 0.5) is 0 Å². The van der Waals surface area contributed by atoms with Crippen LogP contribution in [0, 0.1) is 6.92 Å². The highest BCUT2D eigenvalue weighted by molar-refractivity contribution is 5.92. The highest BCUT2D eigenvalue weighted by Gasteiger charge is 2.13. The molecule has 6 nitrogen and oxygen atoms in total. The zero-order valence-corrected chi connectivity index (χ0v) is 13.6. The SMILES string of the molecule is COc1cccc(-n2nc(C(=O)NCc3cccnc3)cc2C)c1. The molecule has 2 heterocycles. The van der Waals surface area contributed by atoms with Gasteiger partial charge in [0.05, 0.1) is 12.8 Å². The summed E-state index contributed by atoms with van der Waals surface area (Å²) >= 11 is 0. The van der Waals surface area contributed by atoms with Crippen molar-refractivity contribution in [3.05, 3.63) is 71.8 Å². The molecular weight excluding hydrogens is 304 g/mol. The van der Waals surface area contributed by atoms with E-state index in [9.17, 15) is 4.79 Å². The highest BCUT2D eigenvalue weighted by atomic mass is 16.5. The maximum atomic E-state index is 12.3. The zero-order chi connectivity index (χ0) is 16.9. The summed E-state index contributed by atoms with van der Waals surface area (Å²) in [7, 11) is 1.62. The number of nitrogens with zero attached hydrogens (tertiary/aromatic N) is 3. The van der Waals surface area contributed by atoms with Gasteiger partial charge in [-0.2, -0.15) is 5.10 Å². The number of methoxy groups -OCH3 is 1. The minimum atomic E-state index is -0.219. The average Bonchev–Trinajstić information content (AvgIpc) is 3.02. The number of benzene rings is 1. The molecule has 3 rings (SSSR count). The lowest BCUT2D eigenvalue weighted by atomic mass is 10.3. The number of nitrogens with one attached hydrogen (secondary N) is 1. The maximum Gasteiger partial charge on any atom is 0.272 e. The molecule has 0 atom stereocenters. The molecule has 1 aromatic carbocycles.